The molecule has 0 fully saturated rings. The van der Waals surface area contributed by atoms with Gasteiger partial charge in [-0.2, -0.15) is 0 Å². The van der Waals surface area contributed by atoms with Gasteiger partial charge in [-0.25, -0.2) is 0 Å². The molecule has 0 aliphatic heterocycles. The molecule has 0 aromatic heterocycles. The summed E-state index contributed by atoms with van der Waals surface area (Å²) in [5.74, 6) is -0.0437. The first-order valence-corrected chi connectivity index (χ1v) is 7.19. The van der Waals surface area contributed by atoms with Crippen LogP contribution in [-0.2, 0) is 0 Å². The van der Waals surface area contributed by atoms with Gasteiger partial charge in [-0.3, -0.25) is 12.2 Å². The molecule has 0 unspecified atom stereocenters. The van der Waals surface area contributed by atoms with Crippen molar-refractivity contribution in [2.45, 2.75) is 0 Å². The molecule has 2 aromatic rings. The highest BCUT2D eigenvalue weighted by Crippen LogP contribution is 2.22. The van der Waals surface area contributed by atoms with Crippen molar-refractivity contribution >= 4 is 68.4 Å². The maximum atomic E-state index is 12.3. The van der Waals surface area contributed by atoms with E-state index in [0.29, 0.717) is 11.1 Å². The molecule has 3 nitrogen and oxygen atoms in total. The number of benzene rings is 2. The number of anilines is 2. The predicted octanol–water partition coefficient (Wildman–Crippen LogP) is 3.91. The largest absolute Gasteiger partial charge is 0.289 e. The molecule has 0 aliphatic carbocycles. The second-order valence-corrected chi connectivity index (χ2v) is 6.23. The van der Waals surface area contributed by atoms with E-state index < -0.39 is 0 Å². The van der Waals surface area contributed by atoms with Crippen LogP contribution in [0.1, 0.15) is 15.9 Å². The van der Waals surface area contributed by atoms with Crippen LogP contribution in [0.15, 0.2) is 48.5 Å². The summed E-state index contributed by atoms with van der Waals surface area (Å²) in [5, 5.41) is 0. The zero-order valence-corrected chi connectivity index (χ0v) is 13.8. The van der Waals surface area contributed by atoms with Crippen molar-refractivity contribution in [1.82, 2.24) is 0 Å². The molecule has 2 rings (SSSR count). The first-order valence-electron chi connectivity index (χ1n) is 5.59. The van der Waals surface area contributed by atoms with Gasteiger partial charge >= 0.3 is 0 Å². The minimum atomic E-state index is -0.0437. The molecule has 0 heterocycles. The highest BCUT2D eigenvalue weighted by molar-refractivity contribution is 8.00. The number of ketones is 1. The van der Waals surface area contributed by atoms with Gasteiger partial charge in [0.25, 0.3) is 0 Å². The van der Waals surface area contributed by atoms with E-state index in [1.807, 2.05) is 0 Å². The van der Waals surface area contributed by atoms with Gasteiger partial charge in [0.05, 0.1) is 11.4 Å². The summed E-state index contributed by atoms with van der Waals surface area (Å²) < 4.78 is 2.77. The molecular weight excluding hydrogens is 328 g/mol. The molecule has 20 heavy (non-hydrogen) atoms. The van der Waals surface area contributed by atoms with Crippen LogP contribution >= 0.6 is 51.3 Å². The smallest absolute Gasteiger partial charge is 0.193 e. The number of nitrogens with zero attached hydrogens (tertiary/aromatic N) is 2. The second kappa shape index (κ2) is 6.71. The van der Waals surface area contributed by atoms with Crippen LogP contribution in [0.5, 0.6) is 0 Å². The van der Waals surface area contributed by atoms with E-state index in [1.165, 1.54) is 7.42 Å². The maximum absolute atomic E-state index is 12.3. The zero-order chi connectivity index (χ0) is 14.7. The fourth-order valence-corrected chi connectivity index (χ4v) is 2.19. The fourth-order valence-electron chi connectivity index (χ4n) is 1.66. The number of hydrogen-bond donors (Lipinski definition) is 4. The Kier molecular flexibility index (Phi) is 5.20. The number of carbonyl (C=O) groups is 1. The van der Waals surface area contributed by atoms with E-state index in [0.717, 1.165) is 11.4 Å². The molecule has 0 saturated carbocycles. The predicted molar refractivity (Wildman–Crippen MR) is 97.2 cm³/mol. The minimum absolute atomic E-state index is 0.0437. The van der Waals surface area contributed by atoms with Crippen LogP contribution < -0.4 is 7.42 Å². The van der Waals surface area contributed by atoms with Crippen LogP contribution in [0.3, 0.4) is 0 Å². The lowest BCUT2D eigenvalue weighted by Crippen LogP contribution is -2.02. The number of thiol groups is 4. The maximum Gasteiger partial charge on any atom is 0.193 e. The van der Waals surface area contributed by atoms with E-state index in [-0.39, 0.29) is 5.78 Å². The summed E-state index contributed by atoms with van der Waals surface area (Å²) in [7, 11) is 0. The molecular formula is C13H12N2OS4. The molecule has 7 heteroatoms. The third kappa shape index (κ3) is 3.60. The van der Waals surface area contributed by atoms with E-state index >= 15 is 0 Å². The standard InChI is InChI=1S/C13H12N2OS4/c16-13(9-1-5-11(6-2-9)14(17)18)10-3-7-12(8-4-10)15(19)20/h1-8,17-20H. The Labute approximate surface area is 140 Å². The van der Waals surface area contributed by atoms with Crippen LogP contribution in [0.4, 0.5) is 11.4 Å². The molecule has 0 N–H and O–H groups in total. The zero-order valence-electron chi connectivity index (χ0n) is 10.2. The van der Waals surface area contributed by atoms with Gasteiger partial charge in [-0.1, -0.05) is 51.3 Å². The first-order chi connectivity index (χ1) is 9.49. The average molecular weight is 341 g/mol. The highest BCUT2D eigenvalue weighted by atomic mass is 32.2. The van der Waals surface area contributed by atoms with E-state index in [2.05, 4.69) is 51.3 Å². The van der Waals surface area contributed by atoms with Gasteiger partial charge in [0, 0.05) is 11.1 Å². The van der Waals surface area contributed by atoms with Crippen molar-refractivity contribution in [3.05, 3.63) is 59.7 Å². The van der Waals surface area contributed by atoms with Crippen molar-refractivity contribution < 1.29 is 4.79 Å². The normalized spacial score (nSPS) is 10.2. The van der Waals surface area contributed by atoms with Crippen LogP contribution in [-0.4, -0.2) is 5.78 Å². The molecule has 2 aromatic carbocycles. The summed E-state index contributed by atoms with van der Waals surface area (Å²) in [5.41, 5.74) is 2.81. The van der Waals surface area contributed by atoms with Gasteiger partial charge in [0.2, 0.25) is 0 Å². The lowest BCUT2D eigenvalue weighted by Gasteiger charge is -2.10. The molecule has 0 atom stereocenters. The van der Waals surface area contributed by atoms with Gasteiger partial charge in [0.15, 0.2) is 5.78 Å². The Hall–Kier alpha value is -0.890. The summed E-state index contributed by atoms with van der Waals surface area (Å²) in [4.78, 5) is 12.3. The molecule has 0 spiro atoms. The number of rotatable bonds is 4. The molecule has 104 valence electrons. The summed E-state index contributed by atoms with van der Waals surface area (Å²) in [6.07, 6.45) is 0. The van der Waals surface area contributed by atoms with Crippen molar-refractivity contribution in [3.63, 3.8) is 0 Å². The quantitative estimate of drug-likeness (QED) is 0.501. The average Bonchev–Trinajstić information content (AvgIpc) is 2.46. The van der Waals surface area contributed by atoms with Crippen molar-refractivity contribution in [1.29, 1.82) is 0 Å². The molecule has 0 bridgehead atoms. The highest BCUT2D eigenvalue weighted by Gasteiger charge is 2.10. The Bertz CT molecular complexity index is 543. The molecule has 0 saturated heterocycles. The monoisotopic (exact) mass is 340 g/mol. The number of carbonyl (C=O) groups excluding carboxylic acids is 1. The third-order valence-electron chi connectivity index (χ3n) is 2.72. The Balaban J connectivity index is 2.22. The van der Waals surface area contributed by atoms with E-state index in [9.17, 15) is 4.79 Å². The Morgan fingerprint density at radius 2 is 0.950 bits per heavy atom. The van der Waals surface area contributed by atoms with E-state index in [4.69, 9.17) is 0 Å². The van der Waals surface area contributed by atoms with Gasteiger partial charge in [-0.05, 0) is 48.5 Å². The van der Waals surface area contributed by atoms with Crippen LogP contribution in [0.2, 0.25) is 0 Å². The lowest BCUT2D eigenvalue weighted by atomic mass is 10.0. The van der Waals surface area contributed by atoms with Crippen molar-refractivity contribution in [2.75, 3.05) is 7.42 Å². The Morgan fingerprint density at radius 1 is 0.650 bits per heavy atom. The second-order valence-electron chi connectivity index (χ2n) is 4.00. The molecule has 0 amide bonds. The van der Waals surface area contributed by atoms with Gasteiger partial charge in [0.1, 0.15) is 0 Å². The number of hydrogen-bond acceptors (Lipinski definition) is 7. The summed E-state index contributed by atoms with van der Waals surface area (Å²) in [6, 6.07) is 14.1. The minimum Gasteiger partial charge on any atom is -0.289 e. The van der Waals surface area contributed by atoms with Crippen LogP contribution in [0, 0.1) is 0 Å². The molecule has 0 radical (unpaired) electrons. The van der Waals surface area contributed by atoms with E-state index in [1.54, 1.807) is 48.5 Å². The Morgan fingerprint density at radius 3 is 1.20 bits per heavy atom. The van der Waals surface area contributed by atoms with Crippen LogP contribution in [0.25, 0.3) is 0 Å². The lowest BCUT2D eigenvalue weighted by molar-refractivity contribution is 0.103. The summed E-state index contributed by atoms with van der Waals surface area (Å²) in [6.45, 7) is 0. The fraction of sp³-hybridized carbons (Fsp3) is 0. The SMILES string of the molecule is O=C(c1ccc(N(S)S)cc1)c1ccc(N(S)S)cc1. The summed E-state index contributed by atoms with van der Waals surface area (Å²) >= 11 is 16.3. The van der Waals surface area contributed by atoms with Gasteiger partial charge in [-0.15, -0.1) is 0 Å². The topological polar surface area (TPSA) is 23.6 Å². The van der Waals surface area contributed by atoms with Crippen molar-refractivity contribution in [2.24, 2.45) is 0 Å². The first kappa shape index (κ1) is 15.5. The molecule has 0 aliphatic rings. The van der Waals surface area contributed by atoms with Gasteiger partial charge < -0.3 is 0 Å². The third-order valence-corrected chi connectivity index (χ3v) is 3.64. The van der Waals surface area contributed by atoms with Crippen molar-refractivity contribution in [3.8, 4) is 0 Å².